The number of rotatable bonds is 3. The van der Waals surface area contributed by atoms with Gasteiger partial charge in [-0.25, -0.2) is 4.98 Å². The molecule has 0 aliphatic carbocycles. The molecule has 0 saturated heterocycles. The molecule has 0 fully saturated rings. The molecule has 0 unspecified atom stereocenters. The second-order valence-corrected chi connectivity index (χ2v) is 5.75. The zero-order valence-corrected chi connectivity index (χ0v) is 11.4. The lowest BCUT2D eigenvalue weighted by molar-refractivity contribution is 0.305. The van der Waals surface area contributed by atoms with Crippen LogP contribution in [0.3, 0.4) is 0 Å². The van der Waals surface area contributed by atoms with E-state index in [0.717, 1.165) is 35.3 Å². The fourth-order valence-electron chi connectivity index (χ4n) is 1.92. The van der Waals surface area contributed by atoms with E-state index in [0.29, 0.717) is 6.61 Å². The van der Waals surface area contributed by atoms with Crippen LogP contribution in [0, 0.1) is 0 Å². The lowest BCUT2D eigenvalue weighted by Gasteiger charge is -2.09. The van der Waals surface area contributed by atoms with Gasteiger partial charge < -0.3 is 10.1 Å². The number of thiazole rings is 1. The molecule has 5 heteroatoms. The third-order valence-electron chi connectivity index (χ3n) is 2.82. The summed E-state index contributed by atoms with van der Waals surface area (Å²) in [5.74, 6) is 0.825. The highest BCUT2D eigenvalue weighted by Gasteiger charge is 2.14. The van der Waals surface area contributed by atoms with Crippen LogP contribution < -0.4 is 10.1 Å². The van der Waals surface area contributed by atoms with Gasteiger partial charge in [0.2, 0.25) is 0 Å². The summed E-state index contributed by atoms with van der Waals surface area (Å²) in [4.78, 5) is 5.95. The first-order valence-electron chi connectivity index (χ1n) is 5.88. The first kappa shape index (κ1) is 12.0. The molecule has 18 heavy (non-hydrogen) atoms. The molecule has 2 aromatic rings. The topological polar surface area (TPSA) is 34.1 Å². The predicted octanol–water partition coefficient (Wildman–Crippen LogP) is 3.02. The first-order chi connectivity index (χ1) is 8.81. The van der Waals surface area contributed by atoms with Gasteiger partial charge >= 0.3 is 0 Å². The van der Waals surface area contributed by atoms with Gasteiger partial charge in [-0.3, -0.25) is 0 Å². The van der Waals surface area contributed by atoms with Gasteiger partial charge in [0.05, 0.1) is 5.69 Å². The summed E-state index contributed by atoms with van der Waals surface area (Å²) in [6.45, 7) is 2.49. The van der Waals surface area contributed by atoms with Crippen molar-refractivity contribution in [1.29, 1.82) is 0 Å². The first-order valence-corrected chi connectivity index (χ1v) is 7.07. The van der Waals surface area contributed by atoms with Gasteiger partial charge in [-0.2, -0.15) is 0 Å². The van der Waals surface area contributed by atoms with Gasteiger partial charge in [-0.05, 0) is 24.3 Å². The Kier molecular flexibility index (Phi) is 3.50. The smallest absolute Gasteiger partial charge is 0.140 e. The molecule has 0 saturated carbocycles. The normalized spacial score (nSPS) is 14.3. The van der Waals surface area contributed by atoms with Gasteiger partial charge in [-0.1, -0.05) is 11.6 Å². The van der Waals surface area contributed by atoms with Crippen molar-refractivity contribution in [2.24, 2.45) is 0 Å². The zero-order valence-electron chi connectivity index (χ0n) is 9.78. The molecule has 0 atom stereocenters. The van der Waals surface area contributed by atoms with E-state index in [-0.39, 0.29) is 0 Å². The van der Waals surface area contributed by atoms with Crippen LogP contribution in [0.25, 0.3) is 0 Å². The number of fused-ring (bicyclic) bond motifs is 1. The molecule has 1 aliphatic rings. The van der Waals surface area contributed by atoms with Gasteiger partial charge in [0.25, 0.3) is 0 Å². The van der Waals surface area contributed by atoms with E-state index >= 15 is 0 Å². The summed E-state index contributed by atoms with van der Waals surface area (Å²) in [6.07, 6.45) is 1.02. The second kappa shape index (κ2) is 5.26. The van der Waals surface area contributed by atoms with Crippen molar-refractivity contribution in [3.63, 3.8) is 0 Å². The van der Waals surface area contributed by atoms with Gasteiger partial charge in [0, 0.05) is 29.4 Å². The van der Waals surface area contributed by atoms with E-state index in [1.807, 2.05) is 24.3 Å². The molecule has 1 aliphatic heterocycles. The van der Waals surface area contributed by atoms with Crippen LogP contribution in [0.1, 0.15) is 15.6 Å². The van der Waals surface area contributed by atoms with Crippen LogP contribution in [-0.2, 0) is 19.6 Å². The lowest BCUT2D eigenvalue weighted by Crippen LogP contribution is -2.22. The minimum atomic E-state index is 0.527. The molecule has 0 spiro atoms. The number of ether oxygens (including phenoxy) is 1. The molecule has 0 bridgehead atoms. The highest BCUT2D eigenvalue weighted by molar-refractivity contribution is 7.11. The second-order valence-electron chi connectivity index (χ2n) is 4.15. The number of halogens is 1. The minimum absolute atomic E-state index is 0.527. The average Bonchev–Trinajstić information content (AvgIpc) is 2.81. The number of hydrogen-bond acceptors (Lipinski definition) is 4. The fraction of sp³-hybridized carbons (Fsp3) is 0.308. The Morgan fingerprint density at radius 1 is 1.33 bits per heavy atom. The van der Waals surface area contributed by atoms with Crippen molar-refractivity contribution < 1.29 is 4.74 Å². The highest BCUT2D eigenvalue weighted by atomic mass is 35.5. The van der Waals surface area contributed by atoms with E-state index in [2.05, 4.69) is 10.3 Å². The van der Waals surface area contributed by atoms with Crippen molar-refractivity contribution in [3.05, 3.63) is 44.9 Å². The third-order valence-corrected chi connectivity index (χ3v) is 4.15. The molecule has 1 N–H and O–H groups in total. The van der Waals surface area contributed by atoms with Crippen molar-refractivity contribution in [3.8, 4) is 5.75 Å². The Bertz CT molecular complexity index is 515. The molecule has 94 valence electrons. The molecule has 2 heterocycles. The number of hydrogen-bond donors (Lipinski definition) is 1. The molecule has 3 rings (SSSR count). The van der Waals surface area contributed by atoms with E-state index in [4.69, 9.17) is 16.3 Å². The number of nitrogens with zero attached hydrogens (tertiary/aromatic N) is 1. The molecular weight excluding hydrogens is 268 g/mol. The quantitative estimate of drug-likeness (QED) is 0.938. The molecule has 0 radical (unpaired) electrons. The Balaban J connectivity index is 1.66. The maximum Gasteiger partial charge on any atom is 0.140 e. The van der Waals surface area contributed by atoms with Crippen LogP contribution in [0.4, 0.5) is 0 Å². The van der Waals surface area contributed by atoms with Crippen LogP contribution >= 0.6 is 22.9 Å². The molecular formula is C13H13ClN2OS. The predicted molar refractivity (Wildman–Crippen MR) is 73.3 cm³/mol. The van der Waals surface area contributed by atoms with Crippen molar-refractivity contribution in [1.82, 2.24) is 10.3 Å². The van der Waals surface area contributed by atoms with Gasteiger partial charge in [0.1, 0.15) is 17.4 Å². The highest BCUT2D eigenvalue weighted by Crippen LogP contribution is 2.23. The van der Waals surface area contributed by atoms with E-state index in [9.17, 15) is 0 Å². The molecule has 1 aromatic heterocycles. The largest absolute Gasteiger partial charge is 0.486 e. The molecule has 0 amide bonds. The monoisotopic (exact) mass is 280 g/mol. The van der Waals surface area contributed by atoms with Crippen molar-refractivity contribution in [2.45, 2.75) is 19.6 Å². The van der Waals surface area contributed by atoms with Crippen LogP contribution in [0.5, 0.6) is 5.75 Å². The maximum absolute atomic E-state index is 5.82. The van der Waals surface area contributed by atoms with Crippen LogP contribution in [0.15, 0.2) is 24.3 Å². The summed E-state index contributed by atoms with van der Waals surface area (Å²) in [7, 11) is 0. The summed E-state index contributed by atoms with van der Waals surface area (Å²) < 4.78 is 5.69. The summed E-state index contributed by atoms with van der Waals surface area (Å²) in [5.41, 5.74) is 1.23. The van der Waals surface area contributed by atoms with E-state index in [1.54, 1.807) is 11.3 Å². The summed E-state index contributed by atoms with van der Waals surface area (Å²) >= 11 is 7.56. The van der Waals surface area contributed by atoms with Crippen LogP contribution in [-0.4, -0.2) is 11.5 Å². The van der Waals surface area contributed by atoms with Gasteiger partial charge in [0.15, 0.2) is 0 Å². The summed E-state index contributed by atoms with van der Waals surface area (Å²) in [5, 5.41) is 5.11. The molecule has 3 nitrogen and oxygen atoms in total. The number of benzene rings is 1. The standard InChI is InChI=1S/C13H13ClN2OS/c14-9-1-3-10(4-2-9)17-8-13-16-11-5-6-15-7-12(11)18-13/h1-4,15H,5-8H2. The Hall–Kier alpha value is -1.10. The van der Waals surface area contributed by atoms with E-state index < -0.39 is 0 Å². The lowest BCUT2D eigenvalue weighted by atomic mass is 10.2. The Morgan fingerprint density at radius 3 is 2.94 bits per heavy atom. The van der Waals surface area contributed by atoms with Crippen LogP contribution in [0.2, 0.25) is 5.02 Å². The zero-order chi connectivity index (χ0) is 12.4. The van der Waals surface area contributed by atoms with Crippen molar-refractivity contribution in [2.75, 3.05) is 6.54 Å². The Labute approximate surface area is 115 Å². The number of nitrogens with one attached hydrogen (secondary N) is 1. The third kappa shape index (κ3) is 2.66. The van der Waals surface area contributed by atoms with E-state index in [1.165, 1.54) is 10.6 Å². The SMILES string of the molecule is Clc1ccc(OCc2nc3c(s2)CNCC3)cc1. The van der Waals surface area contributed by atoms with Gasteiger partial charge in [-0.15, -0.1) is 11.3 Å². The Morgan fingerprint density at radius 2 is 2.17 bits per heavy atom. The molecule has 1 aromatic carbocycles. The average molecular weight is 281 g/mol. The van der Waals surface area contributed by atoms with Crippen molar-refractivity contribution >= 4 is 22.9 Å². The fourth-order valence-corrected chi connectivity index (χ4v) is 3.04. The maximum atomic E-state index is 5.82. The minimum Gasteiger partial charge on any atom is -0.486 e. The number of aromatic nitrogens is 1. The summed E-state index contributed by atoms with van der Waals surface area (Å²) in [6, 6.07) is 7.40.